The van der Waals surface area contributed by atoms with Crippen LogP contribution in [-0.2, 0) is 9.47 Å². The molecule has 8 saturated carbocycles. The summed E-state index contributed by atoms with van der Waals surface area (Å²) in [6.45, 7) is 0. The zero-order valence-corrected chi connectivity index (χ0v) is 34.0. The Morgan fingerprint density at radius 3 is 1.83 bits per heavy atom. The van der Waals surface area contributed by atoms with Crippen LogP contribution in [0.3, 0.4) is 0 Å². The fourth-order valence-corrected chi connectivity index (χ4v) is 19.5. The van der Waals surface area contributed by atoms with Crippen molar-refractivity contribution in [2.24, 2.45) is 59.2 Å². The zero-order valence-electron chi connectivity index (χ0n) is 33.1. The van der Waals surface area contributed by atoms with E-state index in [0.29, 0.717) is 36.4 Å². The van der Waals surface area contributed by atoms with Crippen LogP contribution < -0.4 is 0 Å². The van der Waals surface area contributed by atoms with Gasteiger partial charge in [-0.2, -0.15) is 11.8 Å². The molecule has 0 bridgehead atoms. The number of nitrogens with zero attached hydrogens (tertiary/aromatic N) is 1. The Hall–Kier alpha value is 0.230. The van der Waals surface area contributed by atoms with Gasteiger partial charge in [0.15, 0.2) is 0 Å². The van der Waals surface area contributed by atoms with Gasteiger partial charge in [0.1, 0.15) is 0 Å². The molecule has 11 aliphatic rings. The maximum atomic E-state index is 7.75. The third-order valence-electron chi connectivity index (χ3n) is 19.5. The van der Waals surface area contributed by atoms with Gasteiger partial charge >= 0.3 is 0 Å². The van der Waals surface area contributed by atoms with Crippen LogP contribution in [0.4, 0.5) is 0 Å². The number of rotatable bonds is 5. The van der Waals surface area contributed by atoms with Crippen LogP contribution in [0, 0.1) is 59.2 Å². The third-order valence-corrected chi connectivity index (χ3v) is 21.3. The van der Waals surface area contributed by atoms with Crippen molar-refractivity contribution in [1.29, 1.82) is 0 Å². The van der Waals surface area contributed by atoms with Crippen LogP contribution in [0.25, 0.3) is 0 Å². The maximum absolute atomic E-state index is 7.75. The van der Waals surface area contributed by atoms with E-state index in [9.17, 15) is 0 Å². The molecule has 0 aromatic rings. The van der Waals surface area contributed by atoms with Gasteiger partial charge in [-0.3, -0.25) is 4.90 Å². The van der Waals surface area contributed by atoms with Gasteiger partial charge in [0, 0.05) is 34.5 Å². The summed E-state index contributed by atoms with van der Waals surface area (Å²) >= 11 is 2.48. The molecule has 52 heavy (non-hydrogen) atoms. The minimum Gasteiger partial charge on any atom is -0.374 e. The van der Waals surface area contributed by atoms with E-state index in [1.54, 1.807) is 44.9 Å². The first-order chi connectivity index (χ1) is 25.8. The topological polar surface area (TPSA) is 21.7 Å². The quantitative estimate of drug-likeness (QED) is 0.281. The summed E-state index contributed by atoms with van der Waals surface area (Å²) in [6, 6.07) is 2.34. The highest BCUT2D eigenvalue weighted by Gasteiger charge is 2.61. The molecule has 3 heterocycles. The minimum atomic E-state index is 0.507. The summed E-state index contributed by atoms with van der Waals surface area (Å²) in [4.78, 5) is 3.37. The van der Waals surface area contributed by atoms with Gasteiger partial charge in [-0.05, 0) is 162 Å². The first-order valence-electron chi connectivity index (χ1n) is 24.5. The second kappa shape index (κ2) is 15.2. The molecule has 292 valence electrons. The van der Waals surface area contributed by atoms with Gasteiger partial charge in [0.25, 0.3) is 0 Å². The van der Waals surface area contributed by atoms with Crippen LogP contribution in [-0.4, -0.2) is 57.9 Å². The Morgan fingerprint density at radius 1 is 0.365 bits per heavy atom. The first-order valence-corrected chi connectivity index (χ1v) is 25.5. The highest BCUT2D eigenvalue weighted by Crippen LogP contribution is 2.59. The van der Waals surface area contributed by atoms with Gasteiger partial charge in [-0.15, -0.1) is 0 Å². The van der Waals surface area contributed by atoms with E-state index >= 15 is 0 Å². The van der Waals surface area contributed by atoms with E-state index in [2.05, 4.69) is 16.7 Å². The number of ether oxygens (including phenoxy) is 2. The lowest BCUT2D eigenvalue weighted by Crippen LogP contribution is -2.59. The molecule has 0 radical (unpaired) electrons. The smallest absolute Gasteiger partial charge is 0.0766 e. The van der Waals surface area contributed by atoms with Crippen molar-refractivity contribution in [3.63, 3.8) is 0 Å². The average Bonchev–Trinajstić information content (AvgIpc) is 3.90. The Kier molecular flexibility index (Phi) is 10.3. The van der Waals surface area contributed by atoms with Gasteiger partial charge in [0.2, 0.25) is 0 Å². The summed E-state index contributed by atoms with van der Waals surface area (Å²) in [5.74, 6) is 9.45. The molecular weight excluding hydrogens is 655 g/mol. The summed E-state index contributed by atoms with van der Waals surface area (Å²) in [5, 5.41) is 1.99. The van der Waals surface area contributed by atoms with Crippen LogP contribution in [0.5, 0.6) is 0 Å². The predicted molar refractivity (Wildman–Crippen MR) is 214 cm³/mol. The molecule has 16 unspecified atom stereocenters. The fraction of sp³-hybridized carbons (Fsp3) is 1.00. The van der Waals surface area contributed by atoms with Gasteiger partial charge in [-0.1, -0.05) is 77.0 Å². The molecule has 3 saturated heterocycles. The molecule has 0 N–H and O–H groups in total. The fourth-order valence-electron chi connectivity index (χ4n) is 17.5. The molecule has 0 aromatic carbocycles. The zero-order chi connectivity index (χ0) is 34.2. The van der Waals surface area contributed by atoms with Crippen molar-refractivity contribution in [1.82, 2.24) is 4.90 Å². The molecule has 0 amide bonds. The Balaban J connectivity index is 0.853. The van der Waals surface area contributed by atoms with Gasteiger partial charge in [0.05, 0.1) is 24.4 Å². The lowest BCUT2D eigenvalue weighted by Gasteiger charge is -2.53. The number of thioether (sulfide) groups is 1. The second-order valence-electron chi connectivity index (χ2n) is 21.5. The van der Waals surface area contributed by atoms with Crippen LogP contribution in [0.1, 0.15) is 186 Å². The molecule has 8 aliphatic carbocycles. The second-order valence-corrected chi connectivity index (χ2v) is 23.0. The van der Waals surface area contributed by atoms with Crippen molar-refractivity contribution in [3.05, 3.63) is 0 Å². The summed E-state index contributed by atoms with van der Waals surface area (Å²) < 4.78 is 14.6. The summed E-state index contributed by atoms with van der Waals surface area (Å²) in [7, 11) is 0. The van der Waals surface area contributed by atoms with E-state index in [1.165, 1.54) is 141 Å². The molecule has 0 spiro atoms. The molecule has 3 nitrogen and oxygen atoms in total. The molecule has 11 fully saturated rings. The van der Waals surface area contributed by atoms with Crippen molar-refractivity contribution >= 4 is 11.8 Å². The Bertz CT molecular complexity index is 1210. The Labute approximate surface area is 323 Å². The normalized spacial score (nSPS) is 53.7. The average molecular weight is 732 g/mol. The highest BCUT2D eigenvalue weighted by molar-refractivity contribution is 8.00. The van der Waals surface area contributed by atoms with Gasteiger partial charge < -0.3 is 9.47 Å². The van der Waals surface area contributed by atoms with E-state index in [0.717, 1.165) is 75.8 Å². The van der Waals surface area contributed by atoms with Crippen molar-refractivity contribution in [3.8, 4) is 0 Å². The Morgan fingerprint density at radius 2 is 1.00 bits per heavy atom. The number of hydrogen-bond acceptors (Lipinski definition) is 4. The standard InChI is InChI=1S/C48H77NO2S/c1-2-11-30(12-3-1)34-13-4-5-14-35(34)31-21-23-32(24-22-31)49(33-25-28-45-40(29-33)36-15-7-9-20-44(36)52-45)41-18-10-17-37-38-26-27-43-46(48(38)51-47(37)41)39-16-6-8-19-42(39)50-43/h30-48H,1-29H2. The molecule has 4 heteroatoms. The highest BCUT2D eigenvalue weighted by atomic mass is 32.2. The van der Waals surface area contributed by atoms with Crippen molar-refractivity contribution < 1.29 is 9.47 Å². The van der Waals surface area contributed by atoms with E-state index in [4.69, 9.17) is 9.47 Å². The summed E-state index contributed by atoms with van der Waals surface area (Å²) in [5.41, 5.74) is 0. The van der Waals surface area contributed by atoms with Crippen molar-refractivity contribution in [2.75, 3.05) is 0 Å². The van der Waals surface area contributed by atoms with Crippen LogP contribution in [0.15, 0.2) is 0 Å². The number of fused-ring (bicyclic) bond motifs is 10. The van der Waals surface area contributed by atoms with Crippen LogP contribution >= 0.6 is 11.8 Å². The van der Waals surface area contributed by atoms with Crippen molar-refractivity contribution in [2.45, 2.75) is 239 Å². The van der Waals surface area contributed by atoms with E-state index in [-0.39, 0.29) is 0 Å². The van der Waals surface area contributed by atoms with E-state index < -0.39 is 0 Å². The lowest BCUT2D eigenvalue weighted by atomic mass is 9.61. The summed E-state index contributed by atoms with van der Waals surface area (Å²) in [6.07, 6.45) is 45.4. The molecule has 11 rings (SSSR count). The van der Waals surface area contributed by atoms with Crippen LogP contribution in [0.2, 0.25) is 0 Å². The van der Waals surface area contributed by atoms with E-state index in [1.807, 2.05) is 0 Å². The molecular formula is C48H77NO2S. The molecule has 0 aromatic heterocycles. The monoisotopic (exact) mass is 732 g/mol. The maximum Gasteiger partial charge on any atom is 0.0766 e. The first kappa shape index (κ1) is 35.4. The molecule has 16 atom stereocenters. The largest absolute Gasteiger partial charge is 0.374 e. The molecule has 3 aliphatic heterocycles. The third kappa shape index (κ3) is 6.28. The lowest BCUT2D eigenvalue weighted by molar-refractivity contribution is -0.105. The number of hydrogen-bond donors (Lipinski definition) is 0. The predicted octanol–water partition coefficient (Wildman–Crippen LogP) is 12.0. The minimum absolute atomic E-state index is 0.507. The SMILES string of the molecule is C1CCC(C2CCCCC2C2CCC(N(C3CCC4SC5CCCCC5C4C3)C3CCCC4C5CCC6OC7CCCCC7C6C5OC43)CC2)CC1. The van der Waals surface area contributed by atoms with Gasteiger partial charge in [-0.25, -0.2) is 0 Å².